The molecule has 3 heteroatoms. The van der Waals surface area contributed by atoms with Gasteiger partial charge >= 0.3 is 5.97 Å². The molecule has 4 aliphatic carbocycles. The summed E-state index contributed by atoms with van der Waals surface area (Å²) in [5.74, 6) is 5.00. The first-order chi connectivity index (χ1) is 18.6. The highest BCUT2D eigenvalue weighted by Gasteiger charge is 2.59. The van der Waals surface area contributed by atoms with E-state index >= 15 is 0 Å². The van der Waals surface area contributed by atoms with E-state index in [9.17, 15) is 4.79 Å². The molecule has 0 radical (unpaired) electrons. The van der Waals surface area contributed by atoms with Gasteiger partial charge in [-0.05, 0) is 97.7 Å². The van der Waals surface area contributed by atoms with Crippen molar-refractivity contribution in [3.8, 4) is 0 Å². The average molecular weight is 561 g/mol. The van der Waals surface area contributed by atoms with E-state index in [1.54, 1.807) is 5.57 Å². The largest absolute Gasteiger partial charge is 0.461 e. The van der Waals surface area contributed by atoms with Crippen molar-refractivity contribution < 1.29 is 9.53 Å². The quantitative estimate of drug-likeness (QED) is 0.0968. The molecule has 3 fully saturated rings. The van der Waals surface area contributed by atoms with Crippen LogP contribution in [0.15, 0.2) is 11.6 Å². The highest BCUT2D eigenvalue weighted by molar-refractivity contribution is 6.29. The smallest absolute Gasteiger partial charge is 0.324 e. The number of hydrogen-bond acceptors (Lipinski definition) is 2. The van der Waals surface area contributed by atoms with Gasteiger partial charge in [0.05, 0.1) is 0 Å². The van der Waals surface area contributed by atoms with E-state index in [2.05, 4.69) is 47.6 Å². The summed E-state index contributed by atoms with van der Waals surface area (Å²) in [7, 11) is 0. The van der Waals surface area contributed by atoms with E-state index in [1.807, 2.05) is 0 Å². The number of hydrogen-bond donors (Lipinski definition) is 0. The topological polar surface area (TPSA) is 26.3 Å². The van der Waals surface area contributed by atoms with Crippen LogP contribution in [0.2, 0.25) is 0 Å². The van der Waals surface area contributed by atoms with Gasteiger partial charge in [-0.15, -0.1) is 11.6 Å². The predicted octanol–water partition coefficient (Wildman–Crippen LogP) is 10.9. The Kier molecular flexibility index (Phi) is 11.0. The number of carbonyl (C=O) groups is 1. The van der Waals surface area contributed by atoms with Crippen LogP contribution in [0.3, 0.4) is 0 Å². The van der Waals surface area contributed by atoms with E-state index in [0.717, 1.165) is 61.2 Å². The molecule has 4 aliphatic rings. The number of fused-ring (bicyclic) bond motifs is 5. The molecule has 0 heterocycles. The maximum Gasteiger partial charge on any atom is 0.324 e. The normalized spacial score (nSPS) is 37.4. The third-order valence-electron chi connectivity index (χ3n) is 12.4. The van der Waals surface area contributed by atoms with Gasteiger partial charge in [0.2, 0.25) is 0 Å². The Morgan fingerprint density at radius 3 is 2.46 bits per heavy atom. The number of ether oxygens (including phenoxy) is 1. The lowest BCUT2D eigenvalue weighted by Crippen LogP contribution is -2.51. The number of halogens is 1. The number of allylic oxidation sites excluding steroid dienone is 1. The molecule has 0 N–H and O–H groups in total. The molecule has 39 heavy (non-hydrogen) atoms. The molecular formula is C36H61ClO2. The Labute approximate surface area is 246 Å². The molecule has 9 atom stereocenters. The van der Waals surface area contributed by atoms with Crippen molar-refractivity contribution in [3.05, 3.63) is 11.6 Å². The summed E-state index contributed by atoms with van der Waals surface area (Å²) in [6.45, 7) is 14.8. The summed E-state index contributed by atoms with van der Waals surface area (Å²) in [4.78, 5) is 12.8. The molecule has 0 bridgehead atoms. The maximum atomic E-state index is 12.8. The number of esters is 1. The molecule has 0 unspecified atom stereocenters. The molecular weight excluding hydrogens is 500 g/mol. The minimum atomic E-state index is -0.483. The van der Waals surface area contributed by atoms with Crippen LogP contribution in [-0.4, -0.2) is 17.5 Å². The van der Waals surface area contributed by atoms with Gasteiger partial charge in [-0.3, -0.25) is 4.79 Å². The summed E-state index contributed by atoms with van der Waals surface area (Å²) in [5, 5.41) is -0.483. The zero-order valence-electron chi connectivity index (χ0n) is 26.4. The zero-order valence-corrected chi connectivity index (χ0v) is 27.2. The molecule has 0 amide bonds. The fraction of sp³-hybridized carbons (Fsp3) is 0.917. The van der Waals surface area contributed by atoms with E-state index in [0.29, 0.717) is 10.8 Å². The van der Waals surface area contributed by atoms with Crippen LogP contribution in [0.25, 0.3) is 0 Å². The lowest BCUT2D eigenvalue weighted by molar-refractivity contribution is -0.151. The van der Waals surface area contributed by atoms with Crippen LogP contribution >= 0.6 is 11.6 Å². The van der Waals surface area contributed by atoms with Crippen LogP contribution in [0.5, 0.6) is 0 Å². The Balaban J connectivity index is 1.33. The molecule has 0 aliphatic heterocycles. The maximum absolute atomic E-state index is 12.8. The van der Waals surface area contributed by atoms with E-state index in [1.165, 1.54) is 83.5 Å². The van der Waals surface area contributed by atoms with Gasteiger partial charge in [-0.1, -0.05) is 105 Å². The predicted molar refractivity (Wildman–Crippen MR) is 166 cm³/mol. The first-order valence-electron chi connectivity index (χ1n) is 17.1. The summed E-state index contributed by atoms with van der Waals surface area (Å²) >= 11 is 6.47. The van der Waals surface area contributed by atoms with Gasteiger partial charge in [0.25, 0.3) is 0 Å². The minimum Gasteiger partial charge on any atom is -0.461 e. The second-order valence-electron chi connectivity index (χ2n) is 15.3. The standard InChI is InChI=1S/C36H61ClO2/c1-7-8-9-10-11-15-33(37)34(38)39-28-20-22-35(5)27(24-28)16-17-29-31-19-18-30(26(4)14-12-13-25(2)3)36(31,6)23-21-32(29)35/h16,25-26,28-33H,7-15,17-24H2,1-6H3/t26-,28-,29-,30+,31-,32-,33+,35-,36+/m0/s1. The lowest BCUT2D eigenvalue weighted by atomic mass is 9.47. The van der Waals surface area contributed by atoms with Crippen molar-refractivity contribution >= 4 is 17.6 Å². The van der Waals surface area contributed by atoms with Gasteiger partial charge in [-0.25, -0.2) is 0 Å². The summed E-state index contributed by atoms with van der Waals surface area (Å²) in [6, 6.07) is 0. The average Bonchev–Trinajstić information content (AvgIpc) is 3.25. The summed E-state index contributed by atoms with van der Waals surface area (Å²) in [6.07, 6.45) is 23.6. The fourth-order valence-corrected chi connectivity index (χ4v) is 10.2. The molecule has 4 rings (SSSR count). The highest BCUT2D eigenvalue weighted by atomic mass is 35.5. The van der Waals surface area contributed by atoms with Crippen molar-refractivity contribution in [1.29, 1.82) is 0 Å². The second-order valence-corrected chi connectivity index (χ2v) is 15.8. The molecule has 0 aromatic rings. The Bertz CT molecular complexity index is 834. The third kappa shape index (κ3) is 6.94. The Morgan fingerprint density at radius 1 is 0.949 bits per heavy atom. The first-order valence-corrected chi connectivity index (χ1v) is 17.6. The molecule has 3 saturated carbocycles. The second kappa shape index (κ2) is 13.6. The van der Waals surface area contributed by atoms with Gasteiger partial charge in [0.15, 0.2) is 0 Å². The highest BCUT2D eigenvalue weighted by Crippen LogP contribution is 2.67. The Morgan fingerprint density at radius 2 is 1.72 bits per heavy atom. The van der Waals surface area contributed by atoms with Crippen LogP contribution in [-0.2, 0) is 9.53 Å². The monoisotopic (exact) mass is 560 g/mol. The van der Waals surface area contributed by atoms with Gasteiger partial charge < -0.3 is 4.74 Å². The van der Waals surface area contributed by atoms with Crippen molar-refractivity contribution in [1.82, 2.24) is 0 Å². The van der Waals surface area contributed by atoms with Crippen molar-refractivity contribution in [2.75, 3.05) is 0 Å². The third-order valence-corrected chi connectivity index (χ3v) is 12.8. The van der Waals surface area contributed by atoms with Crippen LogP contribution in [0.4, 0.5) is 0 Å². The van der Waals surface area contributed by atoms with Crippen molar-refractivity contribution in [2.24, 2.45) is 46.3 Å². The molecule has 0 saturated heterocycles. The molecule has 0 spiro atoms. The van der Waals surface area contributed by atoms with Crippen LogP contribution in [0.1, 0.15) is 151 Å². The van der Waals surface area contributed by atoms with Gasteiger partial charge in [0, 0.05) is 6.42 Å². The van der Waals surface area contributed by atoms with Crippen LogP contribution < -0.4 is 0 Å². The number of carbonyl (C=O) groups excluding carboxylic acids is 1. The van der Waals surface area contributed by atoms with E-state index in [-0.39, 0.29) is 12.1 Å². The summed E-state index contributed by atoms with van der Waals surface area (Å²) in [5.41, 5.74) is 2.44. The molecule has 224 valence electrons. The van der Waals surface area contributed by atoms with Crippen molar-refractivity contribution in [3.63, 3.8) is 0 Å². The minimum absolute atomic E-state index is 0.0196. The lowest BCUT2D eigenvalue weighted by Gasteiger charge is -2.58. The Hall–Kier alpha value is -0.500. The van der Waals surface area contributed by atoms with Gasteiger partial charge in [0.1, 0.15) is 11.5 Å². The summed E-state index contributed by atoms with van der Waals surface area (Å²) < 4.78 is 6.02. The fourth-order valence-electron chi connectivity index (χ4n) is 10.0. The van der Waals surface area contributed by atoms with E-state index in [4.69, 9.17) is 16.3 Å². The number of rotatable bonds is 13. The molecule has 2 nitrogen and oxygen atoms in total. The number of alkyl halides is 1. The SMILES string of the molecule is CCCCCCC[C@@H](Cl)C(=O)O[C@H]1CC[C@@]2(C)C(=CC[C@H]3[C@@H]4CC[C@H]([C@@H](C)CCCC(C)C)[C@@]4(C)CC[C@@H]32)C1. The van der Waals surface area contributed by atoms with Crippen molar-refractivity contribution in [2.45, 2.75) is 162 Å². The molecule has 0 aromatic carbocycles. The number of unbranched alkanes of at least 4 members (excludes halogenated alkanes) is 4. The molecule has 0 aromatic heterocycles. The first kappa shape index (κ1) is 31.4. The van der Waals surface area contributed by atoms with Crippen LogP contribution in [0, 0.1) is 46.3 Å². The zero-order chi connectivity index (χ0) is 28.2. The van der Waals surface area contributed by atoms with Gasteiger partial charge in [-0.2, -0.15) is 0 Å². The van der Waals surface area contributed by atoms with E-state index < -0.39 is 5.38 Å².